The van der Waals surface area contributed by atoms with Crippen molar-refractivity contribution < 1.29 is 19.1 Å². The van der Waals surface area contributed by atoms with E-state index in [1.54, 1.807) is 19.1 Å². The Morgan fingerprint density at radius 2 is 2.04 bits per heavy atom. The quantitative estimate of drug-likeness (QED) is 0.748. The van der Waals surface area contributed by atoms with Gasteiger partial charge < -0.3 is 25.4 Å². The number of ether oxygens (including phenoxy) is 2. The molecule has 2 amide bonds. The zero-order valence-corrected chi connectivity index (χ0v) is 16.6. The van der Waals surface area contributed by atoms with E-state index >= 15 is 0 Å². The highest BCUT2D eigenvalue weighted by Gasteiger charge is 2.22. The second kappa shape index (κ2) is 9.89. The van der Waals surface area contributed by atoms with Crippen LogP contribution in [0.3, 0.4) is 0 Å². The number of anilines is 2. The zero-order valence-electron chi connectivity index (χ0n) is 16.6. The fraction of sp³-hybridized carbons (Fsp3) is 0.619. The van der Waals surface area contributed by atoms with Crippen LogP contribution in [0.1, 0.15) is 55.8 Å². The van der Waals surface area contributed by atoms with E-state index in [4.69, 9.17) is 15.2 Å². The van der Waals surface area contributed by atoms with Crippen molar-refractivity contribution in [3.63, 3.8) is 0 Å². The Bertz CT molecular complexity index is 682. The van der Waals surface area contributed by atoms with Crippen molar-refractivity contribution >= 4 is 23.2 Å². The van der Waals surface area contributed by atoms with Crippen LogP contribution in [0.25, 0.3) is 0 Å². The maximum Gasteiger partial charge on any atom is 0.253 e. The normalized spacial score (nSPS) is 21.2. The van der Waals surface area contributed by atoms with Crippen molar-refractivity contribution in [2.45, 2.75) is 57.7 Å². The third-order valence-corrected chi connectivity index (χ3v) is 5.41. The van der Waals surface area contributed by atoms with Crippen molar-refractivity contribution in [2.75, 3.05) is 36.5 Å². The van der Waals surface area contributed by atoms with Crippen LogP contribution in [0, 0.1) is 0 Å². The molecule has 2 aliphatic rings. The minimum atomic E-state index is -0.614. The number of amides is 2. The van der Waals surface area contributed by atoms with E-state index < -0.39 is 12.0 Å². The van der Waals surface area contributed by atoms with Gasteiger partial charge in [-0.25, -0.2) is 0 Å². The summed E-state index contributed by atoms with van der Waals surface area (Å²) in [6.07, 6.45) is 6.08. The van der Waals surface area contributed by atoms with Crippen LogP contribution in [0.2, 0.25) is 0 Å². The Kier molecular flexibility index (Phi) is 7.28. The van der Waals surface area contributed by atoms with Gasteiger partial charge in [-0.3, -0.25) is 9.59 Å². The largest absolute Gasteiger partial charge is 0.376 e. The molecule has 2 aliphatic heterocycles. The summed E-state index contributed by atoms with van der Waals surface area (Å²) in [7, 11) is 0. The second-order valence-electron chi connectivity index (χ2n) is 7.60. The summed E-state index contributed by atoms with van der Waals surface area (Å²) in [5.74, 6) is -0.755. The first kappa shape index (κ1) is 20.6. The van der Waals surface area contributed by atoms with Crippen LogP contribution in [0.15, 0.2) is 18.2 Å². The molecule has 0 bridgehead atoms. The molecule has 2 unspecified atom stereocenters. The molecule has 1 aromatic carbocycles. The highest BCUT2D eigenvalue weighted by atomic mass is 16.5. The monoisotopic (exact) mass is 389 g/mol. The van der Waals surface area contributed by atoms with E-state index in [9.17, 15) is 9.59 Å². The van der Waals surface area contributed by atoms with Gasteiger partial charge in [0, 0.05) is 25.3 Å². The lowest BCUT2D eigenvalue weighted by Crippen LogP contribution is -2.34. The van der Waals surface area contributed by atoms with Crippen molar-refractivity contribution in [1.29, 1.82) is 0 Å². The number of carbonyl (C=O) groups is 2. The van der Waals surface area contributed by atoms with Crippen LogP contribution < -0.4 is 16.0 Å². The minimum Gasteiger partial charge on any atom is -0.376 e. The highest BCUT2D eigenvalue weighted by Crippen LogP contribution is 2.30. The lowest BCUT2D eigenvalue weighted by molar-refractivity contribution is -0.130. The molecule has 7 heteroatoms. The van der Waals surface area contributed by atoms with Crippen molar-refractivity contribution in [2.24, 2.45) is 5.73 Å². The smallest absolute Gasteiger partial charge is 0.253 e. The first-order valence-electron chi connectivity index (χ1n) is 10.3. The fourth-order valence-corrected chi connectivity index (χ4v) is 3.70. The van der Waals surface area contributed by atoms with E-state index in [1.807, 2.05) is 6.07 Å². The van der Waals surface area contributed by atoms with E-state index in [2.05, 4.69) is 10.2 Å². The molecular formula is C21H31N3O4. The van der Waals surface area contributed by atoms with Crippen molar-refractivity contribution in [3.05, 3.63) is 23.8 Å². The maximum atomic E-state index is 12.7. The Balaban J connectivity index is 1.66. The molecular weight excluding hydrogens is 358 g/mol. The summed E-state index contributed by atoms with van der Waals surface area (Å²) >= 11 is 0. The number of rotatable bonds is 7. The van der Waals surface area contributed by atoms with Gasteiger partial charge in [-0.15, -0.1) is 0 Å². The molecule has 0 radical (unpaired) electrons. The summed E-state index contributed by atoms with van der Waals surface area (Å²) < 4.78 is 11.4. The van der Waals surface area contributed by atoms with Crippen LogP contribution in [0.5, 0.6) is 0 Å². The number of benzene rings is 1. The van der Waals surface area contributed by atoms with Crippen LogP contribution in [0.4, 0.5) is 11.4 Å². The minimum absolute atomic E-state index is 0.0612. The topological polar surface area (TPSA) is 93.9 Å². The van der Waals surface area contributed by atoms with Crippen LogP contribution in [-0.4, -0.2) is 50.3 Å². The number of nitrogens with zero attached hydrogens (tertiary/aromatic N) is 1. The van der Waals surface area contributed by atoms with Gasteiger partial charge in [0.2, 0.25) is 5.91 Å². The third-order valence-electron chi connectivity index (χ3n) is 5.41. The van der Waals surface area contributed by atoms with E-state index in [0.29, 0.717) is 17.9 Å². The molecule has 0 spiro atoms. The molecule has 2 fully saturated rings. The van der Waals surface area contributed by atoms with Gasteiger partial charge >= 0.3 is 0 Å². The van der Waals surface area contributed by atoms with Crippen molar-refractivity contribution in [3.8, 4) is 0 Å². The number of piperidine rings is 1. The summed E-state index contributed by atoms with van der Waals surface area (Å²) in [5.41, 5.74) is 7.33. The van der Waals surface area contributed by atoms with Gasteiger partial charge in [0.25, 0.3) is 5.91 Å². The highest BCUT2D eigenvalue weighted by molar-refractivity contribution is 6.00. The molecule has 0 aromatic heterocycles. The lowest BCUT2D eigenvalue weighted by atomic mass is 10.1. The van der Waals surface area contributed by atoms with Gasteiger partial charge in [0.05, 0.1) is 24.1 Å². The van der Waals surface area contributed by atoms with Gasteiger partial charge in [0.15, 0.2) is 0 Å². The number of hydrogen-bond acceptors (Lipinski definition) is 5. The van der Waals surface area contributed by atoms with Crippen LogP contribution in [-0.2, 0) is 14.3 Å². The maximum absolute atomic E-state index is 12.7. The average Bonchev–Trinajstić information content (AvgIpc) is 2.73. The molecule has 2 atom stereocenters. The molecule has 3 rings (SSSR count). The molecule has 3 N–H and O–H groups in total. The predicted molar refractivity (Wildman–Crippen MR) is 109 cm³/mol. The molecule has 154 valence electrons. The van der Waals surface area contributed by atoms with Gasteiger partial charge in [-0.1, -0.05) is 0 Å². The molecule has 28 heavy (non-hydrogen) atoms. The number of hydrogen-bond donors (Lipinski definition) is 2. The zero-order chi connectivity index (χ0) is 19.9. The lowest BCUT2D eigenvalue weighted by Gasteiger charge is -2.31. The first-order chi connectivity index (χ1) is 13.5. The molecule has 2 saturated heterocycles. The Labute approximate surface area is 166 Å². The van der Waals surface area contributed by atoms with Crippen molar-refractivity contribution in [1.82, 2.24) is 0 Å². The number of carbonyl (C=O) groups excluding carboxylic acids is 2. The SMILES string of the molecule is CC(OCC1CCCCO1)C(=O)Nc1cc(C(N)=O)ccc1N1CCCCC1. The summed E-state index contributed by atoms with van der Waals surface area (Å²) in [4.78, 5) is 26.5. The molecule has 0 saturated carbocycles. The van der Waals surface area contributed by atoms with Gasteiger partial charge in [0.1, 0.15) is 6.10 Å². The first-order valence-corrected chi connectivity index (χ1v) is 10.3. The summed E-state index contributed by atoms with van der Waals surface area (Å²) in [6, 6.07) is 5.23. The average molecular weight is 389 g/mol. The Morgan fingerprint density at radius 3 is 2.71 bits per heavy atom. The summed E-state index contributed by atoms with van der Waals surface area (Å²) in [5, 5.41) is 2.94. The number of nitrogens with two attached hydrogens (primary N) is 1. The summed E-state index contributed by atoms with van der Waals surface area (Å²) in [6.45, 7) is 4.77. The third kappa shape index (κ3) is 5.45. The molecule has 0 aliphatic carbocycles. The number of nitrogens with one attached hydrogen (secondary N) is 1. The second-order valence-corrected chi connectivity index (χ2v) is 7.60. The molecule has 1 aromatic rings. The molecule has 2 heterocycles. The standard InChI is InChI=1S/C21H31N3O4/c1-15(28-14-17-7-3-6-12-27-17)21(26)23-18-13-16(20(22)25)8-9-19(18)24-10-4-2-5-11-24/h8-9,13,15,17H,2-7,10-12,14H2,1H3,(H2,22,25)(H,23,26). The van der Waals surface area contributed by atoms with Gasteiger partial charge in [-0.2, -0.15) is 0 Å². The van der Waals surface area contributed by atoms with Crippen LogP contribution >= 0.6 is 0 Å². The van der Waals surface area contributed by atoms with E-state index in [1.165, 1.54) is 6.42 Å². The Morgan fingerprint density at radius 1 is 1.25 bits per heavy atom. The van der Waals surface area contributed by atoms with E-state index in [-0.39, 0.29) is 12.0 Å². The van der Waals surface area contributed by atoms with Gasteiger partial charge in [-0.05, 0) is 63.6 Å². The van der Waals surface area contributed by atoms with E-state index in [0.717, 1.165) is 57.5 Å². The number of primary amides is 1. The fourth-order valence-electron chi connectivity index (χ4n) is 3.70. The molecule has 7 nitrogen and oxygen atoms in total. The predicted octanol–water partition coefficient (Wildman–Crippen LogP) is 2.69. The Hall–Kier alpha value is -2.12.